The van der Waals surface area contributed by atoms with Crippen LogP contribution in [-0.4, -0.2) is 28.0 Å². The molecule has 4 amide bonds. The summed E-state index contributed by atoms with van der Waals surface area (Å²) >= 11 is 0. The van der Waals surface area contributed by atoms with Crippen molar-refractivity contribution in [3.8, 4) is 0 Å². The van der Waals surface area contributed by atoms with E-state index in [4.69, 9.17) is 4.52 Å². The fraction of sp³-hybridized carbons (Fsp3) is 0.421. The van der Waals surface area contributed by atoms with E-state index in [1.54, 1.807) is 31.2 Å². The second-order valence-corrected chi connectivity index (χ2v) is 7.92. The highest BCUT2D eigenvalue weighted by molar-refractivity contribution is 6.07. The number of carbonyl (C=O) groups excluding carboxylic acids is 3. The molecule has 2 heterocycles. The summed E-state index contributed by atoms with van der Waals surface area (Å²) in [6.45, 7) is 7.58. The molecular weight excluding hydrogens is 362 g/mol. The van der Waals surface area contributed by atoms with Gasteiger partial charge in [-0.2, -0.15) is 4.98 Å². The first kappa shape index (κ1) is 19.5. The number of urea groups is 1. The van der Waals surface area contributed by atoms with Gasteiger partial charge in [-0.05, 0) is 24.6 Å². The Morgan fingerprint density at radius 3 is 2.43 bits per heavy atom. The van der Waals surface area contributed by atoms with Gasteiger partial charge in [0.1, 0.15) is 5.54 Å². The van der Waals surface area contributed by atoms with Crippen molar-refractivity contribution in [3.05, 3.63) is 41.5 Å². The van der Waals surface area contributed by atoms with Gasteiger partial charge in [0.05, 0.1) is 0 Å². The highest BCUT2D eigenvalue weighted by Crippen LogP contribution is 2.25. The first-order valence-corrected chi connectivity index (χ1v) is 8.95. The van der Waals surface area contributed by atoms with E-state index in [9.17, 15) is 14.4 Å². The zero-order valence-electron chi connectivity index (χ0n) is 16.3. The molecule has 148 valence electrons. The van der Waals surface area contributed by atoms with Gasteiger partial charge in [-0.15, -0.1) is 0 Å². The normalized spacial score (nSPS) is 19.3. The average Bonchev–Trinajstić information content (AvgIpc) is 3.19. The van der Waals surface area contributed by atoms with Gasteiger partial charge in [-0.25, -0.2) is 4.79 Å². The van der Waals surface area contributed by atoms with E-state index in [1.165, 1.54) is 0 Å². The molecule has 0 aliphatic carbocycles. The quantitative estimate of drug-likeness (QED) is 0.676. The lowest BCUT2D eigenvalue weighted by Crippen LogP contribution is -2.40. The second kappa shape index (κ2) is 7.06. The van der Waals surface area contributed by atoms with E-state index in [-0.39, 0.29) is 17.7 Å². The summed E-state index contributed by atoms with van der Waals surface area (Å²) in [5, 5.41) is 11.5. The maximum Gasteiger partial charge on any atom is 0.322 e. The van der Waals surface area contributed by atoms with Crippen molar-refractivity contribution in [1.82, 2.24) is 20.8 Å². The minimum Gasteiger partial charge on any atom is -0.339 e. The van der Waals surface area contributed by atoms with Gasteiger partial charge in [0, 0.05) is 23.9 Å². The maximum atomic E-state index is 12.2. The molecule has 1 aliphatic rings. The third-order valence-corrected chi connectivity index (χ3v) is 4.50. The van der Waals surface area contributed by atoms with E-state index in [2.05, 4.69) is 26.1 Å². The summed E-state index contributed by atoms with van der Waals surface area (Å²) in [6.07, 6.45) is 0.543. The molecule has 9 heteroatoms. The number of rotatable bonds is 5. The fourth-order valence-electron chi connectivity index (χ4n) is 2.74. The van der Waals surface area contributed by atoms with E-state index < -0.39 is 17.5 Å². The van der Waals surface area contributed by atoms with Crippen LogP contribution in [-0.2, 0) is 27.0 Å². The molecule has 3 N–H and O–H groups in total. The molecule has 9 nitrogen and oxygen atoms in total. The maximum absolute atomic E-state index is 12.2. The van der Waals surface area contributed by atoms with Gasteiger partial charge >= 0.3 is 6.03 Å². The largest absolute Gasteiger partial charge is 0.339 e. The van der Waals surface area contributed by atoms with Crippen LogP contribution in [0.3, 0.4) is 0 Å². The van der Waals surface area contributed by atoms with E-state index in [0.29, 0.717) is 29.4 Å². The molecule has 2 aromatic rings. The number of nitrogens with zero attached hydrogens (tertiary/aromatic N) is 2. The molecule has 0 unspecified atom stereocenters. The fourth-order valence-corrected chi connectivity index (χ4v) is 2.74. The lowest BCUT2D eigenvalue weighted by molar-refractivity contribution is -0.123. The lowest BCUT2D eigenvalue weighted by atomic mass is 9.92. The molecule has 1 saturated heterocycles. The van der Waals surface area contributed by atoms with Gasteiger partial charge in [0.25, 0.3) is 5.91 Å². The van der Waals surface area contributed by atoms with Crippen LogP contribution >= 0.6 is 0 Å². The molecular formula is C19H23N5O4. The predicted octanol–water partition coefficient (Wildman–Crippen LogP) is 1.99. The zero-order valence-corrected chi connectivity index (χ0v) is 16.3. The molecule has 1 atom stereocenters. The third-order valence-electron chi connectivity index (χ3n) is 4.50. The Labute approximate surface area is 162 Å². The van der Waals surface area contributed by atoms with Gasteiger partial charge in [0.2, 0.25) is 11.8 Å². The topological polar surface area (TPSA) is 126 Å². The summed E-state index contributed by atoms with van der Waals surface area (Å²) in [5.41, 5.74) is -0.127. The first-order valence-electron chi connectivity index (χ1n) is 8.95. The average molecular weight is 385 g/mol. The molecule has 1 fully saturated rings. The summed E-state index contributed by atoms with van der Waals surface area (Å²) in [4.78, 5) is 39.8. The minimum absolute atomic E-state index is 0.193. The van der Waals surface area contributed by atoms with Crippen LogP contribution in [0.4, 0.5) is 10.5 Å². The monoisotopic (exact) mass is 385 g/mol. The van der Waals surface area contributed by atoms with E-state index >= 15 is 0 Å². The number of benzene rings is 1. The second-order valence-electron chi connectivity index (χ2n) is 7.92. The minimum atomic E-state index is -1.12. The van der Waals surface area contributed by atoms with Crippen LogP contribution in [0.5, 0.6) is 0 Å². The number of nitrogens with one attached hydrogen (secondary N) is 3. The Kier molecular flexibility index (Phi) is 4.93. The Bertz CT molecular complexity index is 913. The molecule has 1 aliphatic heterocycles. The summed E-state index contributed by atoms with van der Waals surface area (Å²) < 4.78 is 5.18. The molecule has 0 saturated carbocycles. The van der Waals surface area contributed by atoms with Gasteiger partial charge in [-0.1, -0.05) is 38.1 Å². The van der Waals surface area contributed by atoms with Crippen molar-refractivity contribution in [3.63, 3.8) is 0 Å². The van der Waals surface area contributed by atoms with Crippen LogP contribution in [0.2, 0.25) is 0 Å². The number of hydrogen-bond acceptors (Lipinski definition) is 6. The lowest BCUT2D eigenvalue weighted by Gasteiger charge is -2.21. The molecule has 0 spiro atoms. The number of aromatic nitrogens is 2. The van der Waals surface area contributed by atoms with Crippen LogP contribution in [0.1, 0.15) is 51.4 Å². The summed E-state index contributed by atoms with van der Waals surface area (Å²) in [6, 6.07) is 6.21. The Balaban J connectivity index is 1.57. The van der Waals surface area contributed by atoms with Gasteiger partial charge in [-0.3, -0.25) is 14.9 Å². The molecule has 1 aromatic carbocycles. The van der Waals surface area contributed by atoms with Crippen molar-refractivity contribution in [1.29, 1.82) is 0 Å². The van der Waals surface area contributed by atoms with Gasteiger partial charge < -0.3 is 15.2 Å². The molecule has 0 radical (unpaired) electrons. The number of aryl methyl sites for hydroxylation is 1. The van der Waals surface area contributed by atoms with Crippen LogP contribution < -0.4 is 16.0 Å². The first-order chi connectivity index (χ1) is 13.1. The van der Waals surface area contributed by atoms with Gasteiger partial charge in [0.15, 0.2) is 5.82 Å². The third kappa shape index (κ3) is 4.03. The van der Waals surface area contributed by atoms with Crippen molar-refractivity contribution >= 4 is 23.5 Å². The van der Waals surface area contributed by atoms with Crippen LogP contribution in [0.15, 0.2) is 28.8 Å². The summed E-state index contributed by atoms with van der Waals surface area (Å²) in [7, 11) is 0. The zero-order chi connectivity index (χ0) is 20.5. The van der Waals surface area contributed by atoms with Crippen molar-refractivity contribution in [2.75, 3.05) is 5.32 Å². The standard InChI is InChI=1S/C19H23N5O4/c1-18(2,3)15-21-14(28-24-15)10-9-13(25)20-12-7-5-11(6-8-12)19(4)16(26)22-17(27)23-19/h5-8H,9-10H2,1-4H3,(H,20,25)(H2,22,23,26,27)/t19-/m1/s1. The Morgan fingerprint density at radius 1 is 1.21 bits per heavy atom. The van der Waals surface area contributed by atoms with Crippen molar-refractivity contribution in [2.24, 2.45) is 0 Å². The van der Waals surface area contributed by atoms with Crippen LogP contribution in [0, 0.1) is 0 Å². The summed E-state index contributed by atoms with van der Waals surface area (Å²) in [5.74, 6) is 0.422. The highest BCUT2D eigenvalue weighted by atomic mass is 16.5. The van der Waals surface area contributed by atoms with E-state index in [0.717, 1.165) is 0 Å². The SMILES string of the molecule is CC(C)(C)c1noc(CCC(=O)Nc2ccc([C@@]3(C)NC(=O)NC3=O)cc2)n1. The van der Waals surface area contributed by atoms with Crippen molar-refractivity contribution < 1.29 is 18.9 Å². The molecule has 1 aromatic heterocycles. The van der Waals surface area contributed by atoms with Crippen molar-refractivity contribution in [2.45, 2.75) is 51.5 Å². The number of carbonyl (C=O) groups is 3. The predicted molar refractivity (Wildman–Crippen MR) is 100 cm³/mol. The number of anilines is 1. The van der Waals surface area contributed by atoms with Crippen LogP contribution in [0.25, 0.3) is 0 Å². The number of amides is 4. The number of imide groups is 1. The number of hydrogen-bond donors (Lipinski definition) is 3. The molecule has 28 heavy (non-hydrogen) atoms. The smallest absolute Gasteiger partial charge is 0.322 e. The Hall–Kier alpha value is -3.23. The molecule has 3 rings (SSSR count). The molecule has 0 bridgehead atoms. The Morgan fingerprint density at radius 2 is 1.89 bits per heavy atom. The van der Waals surface area contributed by atoms with E-state index in [1.807, 2.05) is 20.8 Å². The highest BCUT2D eigenvalue weighted by Gasteiger charge is 2.43.